The van der Waals surface area contributed by atoms with Gasteiger partial charge in [-0.15, -0.1) is 0 Å². The number of carbonyl (C=O) groups excluding carboxylic acids is 1. The van der Waals surface area contributed by atoms with Crippen molar-refractivity contribution in [2.75, 3.05) is 11.4 Å². The van der Waals surface area contributed by atoms with Gasteiger partial charge in [-0.2, -0.15) is 0 Å². The minimum Gasteiger partial charge on any atom is -0.508 e. The van der Waals surface area contributed by atoms with Gasteiger partial charge in [-0.1, -0.05) is 6.07 Å². The van der Waals surface area contributed by atoms with Gasteiger partial charge >= 0.3 is 0 Å². The number of nitrogen functional groups attached to an aromatic ring is 1. The van der Waals surface area contributed by atoms with Crippen LogP contribution in [0.4, 0.5) is 5.69 Å². The van der Waals surface area contributed by atoms with Gasteiger partial charge in [0, 0.05) is 18.3 Å². The van der Waals surface area contributed by atoms with Crippen molar-refractivity contribution in [3.8, 4) is 5.75 Å². The molecule has 1 amide bonds. The molecule has 0 aliphatic rings. The summed E-state index contributed by atoms with van der Waals surface area (Å²) in [6.45, 7) is 5.08. The van der Waals surface area contributed by atoms with E-state index >= 15 is 0 Å². The Morgan fingerprint density at radius 3 is 2.86 bits per heavy atom. The molecule has 0 unspecified atom stereocenters. The quantitative estimate of drug-likeness (QED) is 0.444. The lowest BCUT2D eigenvalue weighted by molar-refractivity contribution is 0.0951. The SMILES string of the molecule is CCN(Cc1occc1C(=O)NN)c1cc(O)ccc1C. The molecule has 6 nitrogen and oxygen atoms in total. The van der Waals surface area contributed by atoms with Gasteiger partial charge in [0.2, 0.25) is 0 Å². The molecule has 0 aliphatic carbocycles. The molecule has 1 aromatic carbocycles. The second-order valence-electron chi connectivity index (χ2n) is 4.72. The maximum Gasteiger partial charge on any atom is 0.268 e. The van der Waals surface area contributed by atoms with E-state index in [1.165, 1.54) is 6.26 Å². The van der Waals surface area contributed by atoms with Crippen molar-refractivity contribution >= 4 is 11.6 Å². The van der Waals surface area contributed by atoms with E-state index in [0.29, 0.717) is 24.4 Å². The van der Waals surface area contributed by atoms with Crippen molar-refractivity contribution in [3.63, 3.8) is 0 Å². The largest absolute Gasteiger partial charge is 0.508 e. The molecular formula is C15H19N3O3. The predicted molar refractivity (Wildman–Crippen MR) is 79.9 cm³/mol. The second kappa shape index (κ2) is 6.32. The molecule has 0 radical (unpaired) electrons. The summed E-state index contributed by atoms with van der Waals surface area (Å²) < 4.78 is 5.39. The molecule has 21 heavy (non-hydrogen) atoms. The Balaban J connectivity index is 2.30. The number of rotatable bonds is 5. The van der Waals surface area contributed by atoms with Crippen LogP contribution in [-0.2, 0) is 6.54 Å². The molecule has 0 saturated carbocycles. The fourth-order valence-electron chi connectivity index (χ4n) is 2.22. The van der Waals surface area contributed by atoms with Crippen LogP contribution in [0.3, 0.4) is 0 Å². The molecule has 1 aromatic heterocycles. The number of nitrogens with zero attached hydrogens (tertiary/aromatic N) is 1. The van der Waals surface area contributed by atoms with E-state index in [9.17, 15) is 9.90 Å². The zero-order valence-electron chi connectivity index (χ0n) is 12.1. The number of nitrogens with one attached hydrogen (secondary N) is 1. The van der Waals surface area contributed by atoms with E-state index in [1.54, 1.807) is 18.2 Å². The fourth-order valence-corrected chi connectivity index (χ4v) is 2.22. The molecule has 6 heteroatoms. The summed E-state index contributed by atoms with van der Waals surface area (Å²) in [5, 5.41) is 9.66. The van der Waals surface area contributed by atoms with Gasteiger partial charge in [0.05, 0.1) is 18.4 Å². The molecule has 2 rings (SSSR count). The Hall–Kier alpha value is -2.47. The van der Waals surface area contributed by atoms with Gasteiger partial charge < -0.3 is 14.4 Å². The van der Waals surface area contributed by atoms with Crippen molar-refractivity contribution < 1.29 is 14.3 Å². The highest BCUT2D eigenvalue weighted by Crippen LogP contribution is 2.27. The molecule has 0 atom stereocenters. The summed E-state index contributed by atoms with van der Waals surface area (Å²) in [6, 6.07) is 6.78. The van der Waals surface area contributed by atoms with Crippen LogP contribution in [0.2, 0.25) is 0 Å². The summed E-state index contributed by atoms with van der Waals surface area (Å²) in [6.07, 6.45) is 1.46. The van der Waals surface area contributed by atoms with Crippen LogP contribution in [0, 0.1) is 6.92 Å². The van der Waals surface area contributed by atoms with Crippen LogP contribution in [0.15, 0.2) is 34.9 Å². The van der Waals surface area contributed by atoms with Crippen LogP contribution >= 0.6 is 0 Å². The van der Waals surface area contributed by atoms with Crippen molar-refractivity contribution in [1.82, 2.24) is 5.43 Å². The molecule has 0 saturated heterocycles. The molecule has 0 fully saturated rings. The highest BCUT2D eigenvalue weighted by molar-refractivity contribution is 5.94. The zero-order valence-corrected chi connectivity index (χ0v) is 12.1. The first kappa shape index (κ1) is 14.9. The third-order valence-corrected chi connectivity index (χ3v) is 3.37. The number of nitrogens with two attached hydrogens (primary N) is 1. The number of aryl methyl sites for hydroxylation is 1. The number of carbonyl (C=O) groups is 1. The summed E-state index contributed by atoms with van der Waals surface area (Å²) in [5.74, 6) is 5.51. The average molecular weight is 289 g/mol. The minimum atomic E-state index is -0.387. The second-order valence-corrected chi connectivity index (χ2v) is 4.72. The van der Waals surface area contributed by atoms with Gasteiger partial charge in [0.15, 0.2) is 0 Å². The van der Waals surface area contributed by atoms with E-state index in [2.05, 4.69) is 5.43 Å². The number of amides is 1. The standard InChI is InChI=1S/C15H19N3O3/c1-3-18(13-8-11(19)5-4-10(13)2)9-14-12(6-7-21-14)15(20)17-16/h4-8,19H,3,9,16H2,1-2H3,(H,17,20). The number of phenolic OH excluding ortho intramolecular Hbond substituents is 1. The highest BCUT2D eigenvalue weighted by atomic mass is 16.3. The number of hydrazine groups is 1. The van der Waals surface area contributed by atoms with Gasteiger partial charge in [0.25, 0.3) is 5.91 Å². The summed E-state index contributed by atoms with van der Waals surface area (Å²) >= 11 is 0. The van der Waals surface area contributed by atoms with Gasteiger partial charge in [-0.3, -0.25) is 10.2 Å². The lowest BCUT2D eigenvalue weighted by Gasteiger charge is -2.24. The predicted octanol–water partition coefficient (Wildman–Crippen LogP) is 1.92. The van der Waals surface area contributed by atoms with Crippen molar-refractivity contribution in [2.24, 2.45) is 5.84 Å². The molecule has 0 spiro atoms. The number of benzene rings is 1. The van der Waals surface area contributed by atoms with Crippen LogP contribution < -0.4 is 16.2 Å². The topological polar surface area (TPSA) is 91.7 Å². The smallest absolute Gasteiger partial charge is 0.268 e. The fraction of sp³-hybridized carbons (Fsp3) is 0.267. The molecule has 0 aliphatic heterocycles. The Bertz CT molecular complexity index is 637. The first-order valence-electron chi connectivity index (χ1n) is 6.68. The van der Waals surface area contributed by atoms with Crippen molar-refractivity contribution in [3.05, 3.63) is 47.4 Å². The van der Waals surface area contributed by atoms with E-state index in [-0.39, 0.29) is 11.7 Å². The monoisotopic (exact) mass is 289 g/mol. The number of aromatic hydroxyl groups is 1. The van der Waals surface area contributed by atoms with Gasteiger partial charge in [-0.05, 0) is 31.5 Å². The maximum absolute atomic E-state index is 11.7. The average Bonchev–Trinajstić information content (AvgIpc) is 2.94. The Labute approximate surface area is 123 Å². The molecular weight excluding hydrogens is 270 g/mol. The van der Waals surface area contributed by atoms with Crippen molar-refractivity contribution in [1.29, 1.82) is 0 Å². The zero-order chi connectivity index (χ0) is 15.4. The lowest BCUT2D eigenvalue weighted by Crippen LogP contribution is -2.31. The van der Waals surface area contributed by atoms with Crippen LogP contribution in [0.1, 0.15) is 28.6 Å². The van der Waals surface area contributed by atoms with Crippen LogP contribution in [0.25, 0.3) is 0 Å². The first-order chi connectivity index (χ1) is 10.1. The summed E-state index contributed by atoms with van der Waals surface area (Å²) in [5.41, 5.74) is 4.44. The number of hydrogen-bond acceptors (Lipinski definition) is 5. The van der Waals surface area contributed by atoms with Crippen molar-refractivity contribution in [2.45, 2.75) is 20.4 Å². The number of furan rings is 1. The highest BCUT2D eigenvalue weighted by Gasteiger charge is 2.17. The number of hydrogen-bond donors (Lipinski definition) is 3. The third-order valence-electron chi connectivity index (χ3n) is 3.37. The molecule has 1 heterocycles. The summed E-state index contributed by atoms with van der Waals surface area (Å²) in [7, 11) is 0. The summed E-state index contributed by atoms with van der Waals surface area (Å²) in [4.78, 5) is 13.7. The number of phenols is 1. The Morgan fingerprint density at radius 1 is 1.43 bits per heavy atom. The Morgan fingerprint density at radius 2 is 2.19 bits per heavy atom. The van der Waals surface area contributed by atoms with E-state index in [1.807, 2.05) is 24.8 Å². The third kappa shape index (κ3) is 3.17. The lowest BCUT2D eigenvalue weighted by atomic mass is 10.1. The van der Waals surface area contributed by atoms with E-state index in [0.717, 1.165) is 11.3 Å². The number of anilines is 1. The molecule has 112 valence electrons. The van der Waals surface area contributed by atoms with E-state index in [4.69, 9.17) is 10.3 Å². The molecule has 2 aromatic rings. The van der Waals surface area contributed by atoms with E-state index < -0.39 is 0 Å². The van der Waals surface area contributed by atoms with Gasteiger partial charge in [0.1, 0.15) is 11.5 Å². The maximum atomic E-state index is 11.7. The first-order valence-corrected chi connectivity index (χ1v) is 6.68. The van der Waals surface area contributed by atoms with Crippen LogP contribution in [0.5, 0.6) is 5.75 Å². The Kier molecular flexibility index (Phi) is 4.49. The van der Waals surface area contributed by atoms with Gasteiger partial charge in [-0.25, -0.2) is 5.84 Å². The molecule has 4 N–H and O–H groups in total. The minimum absolute atomic E-state index is 0.202. The normalized spacial score (nSPS) is 10.4. The van der Waals surface area contributed by atoms with Crippen LogP contribution in [-0.4, -0.2) is 17.6 Å². The molecule has 0 bridgehead atoms.